The maximum Gasteiger partial charge on any atom is 0.273 e. The van der Waals surface area contributed by atoms with Gasteiger partial charge in [0.1, 0.15) is 4.21 Å². The molecule has 0 saturated carbocycles. The summed E-state index contributed by atoms with van der Waals surface area (Å²) in [5, 5.41) is 5.76. The summed E-state index contributed by atoms with van der Waals surface area (Å²) in [6.45, 7) is 1.65. The summed E-state index contributed by atoms with van der Waals surface area (Å²) < 4.78 is 55.5. The van der Waals surface area contributed by atoms with Crippen molar-refractivity contribution < 1.29 is 21.6 Å². The van der Waals surface area contributed by atoms with E-state index in [0.29, 0.717) is 17.0 Å². The van der Waals surface area contributed by atoms with Crippen LogP contribution in [-0.2, 0) is 20.0 Å². The summed E-state index contributed by atoms with van der Waals surface area (Å²) in [5.74, 6) is -0.621. The Hall–Kier alpha value is -4.00. The third-order valence-corrected chi connectivity index (χ3v) is 9.25. The highest BCUT2D eigenvalue weighted by Crippen LogP contribution is 2.23. The standard InChI is InChI=1S/C25H22N4O5S3/c1-18(19-9-7-10-20(17-19)28-36(31,32)21-11-3-2-4-12-21)26-27-25(30)22-13-5-6-14-23(22)29-37(33,34)24-15-8-16-35-24/h2-17,28-29H,1H3,(H,27,30). The molecule has 0 bridgehead atoms. The van der Waals surface area contributed by atoms with Gasteiger partial charge in [-0.3, -0.25) is 14.2 Å². The number of carbonyl (C=O) groups is 1. The molecule has 0 atom stereocenters. The average molecular weight is 555 g/mol. The van der Waals surface area contributed by atoms with Crippen LogP contribution < -0.4 is 14.9 Å². The number of nitrogens with zero attached hydrogens (tertiary/aromatic N) is 1. The molecule has 0 unspecified atom stereocenters. The van der Waals surface area contributed by atoms with Crippen LogP contribution in [0.4, 0.5) is 11.4 Å². The van der Waals surface area contributed by atoms with E-state index in [9.17, 15) is 21.6 Å². The van der Waals surface area contributed by atoms with Crippen molar-refractivity contribution in [1.82, 2.24) is 5.43 Å². The summed E-state index contributed by atoms with van der Waals surface area (Å²) in [6, 6.07) is 23.8. The topological polar surface area (TPSA) is 134 Å². The fourth-order valence-electron chi connectivity index (χ4n) is 3.26. The average Bonchev–Trinajstić information content (AvgIpc) is 3.44. The van der Waals surface area contributed by atoms with Gasteiger partial charge in [-0.1, -0.05) is 48.5 Å². The van der Waals surface area contributed by atoms with Gasteiger partial charge in [0.15, 0.2) is 0 Å². The predicted octanol–water partition coefficient (Wildman–Crippen LogP) is 4.50. The summed E-state index contributed by atoms with van der Waals surface area (Å²) in [6.07, 6.45) is 0. The zero-order valence-corrected chi connectivity index (χ0v) is 21.9. The number of sulfonamides is 2. The van der Waals surface area contributed by atoms with E-state index in [2.05, 4.69) is 20.0 Å². The van der Waals surface area contributed by atoms with Gasteiger partial charge in [-0.2, -0.15) is 5.10 Å². The number of hydrogen-bond acceptors (Lipinski definition) is 7. The molecule has 4 rings (SSSR count). The Morgan fingerprint density at radius 1 is 0.784 bits per heavy atom. The highest BCUT2D eigenvalue weighted by Gasteiger charge is 2.19. The van der Waals surface area contributed by atoms with E-state index in [1.807, 2.05) is 0 Å². The molecule has 4 aromatic rings. The van der Waals surface area contributed by atoms with Crippen molar-refractivity contribution >= 4 is 54.4 Å². The van der Waals surface area contributed by atoms with Gasteiger partial charge in [-0.25, -0.2) is 22.3 Å². The lowest BCUT2D eigenvalue weighted by atomic mass is 10.1. The number of hydrazone groups is 1. The molecule has 0 spiro atoms. The minimum Gasteiger partial charge on any atom is -0.280 e. The maximum atomic E-state index is 12.8. The van der Waals surface area contributed by atoms with E-state index >= 15 is 0 Å². The molecule has 0 saturated heterocycles. The van der Waals surface area contributed by atoms with Crippen molar-refractivity contribution in [2.24, 2.45) is 5.10 Å². The zero-order valence-electron chi connectivity index (χ0n) is 19.5. The van der Waals surface area contributed by atoms with Crippen LogP contribution in [0.5, 0.6) is 0 Å². The normalized spacial score (nSPS) is 12.1. The summed E-state index contributed by atoms with van der Waals surface area (Å²) >= 11 is 1.06. The molecule has 9 nitrogen and oxygen atoms in total. The van der Waals surface area contributed by atoms with Gasteiger partial charge in [-0.05, 0) is 60.3 Å². The van der Waals surface area contributed by atoms with E-state index in [-0.39, 0.29) is 20.4 Å². The van der Waals surface area contributed by atoms with Crippen LogP contribution in [0.3, 0.4) is 0 Å². The Kier molecular flexibility index (Phi) is 7.71. The Bertz CT molecular complexity index is 1650. The van der Waals surface area contributed by atoms with Crippen LogP contribution in [0.25, 0.3) is 0 Å². The van der Waals surface area contributed by atoms with Crippen molar-refractivity contribution in [2.45, 2.75) is 16.0 Å². The maximum absolute atomic E-state index is 12.8. The first-order chi connectivity index (χ1) is 17.7. The highest BCUT2D eigenvalue weighted by atomic mass is 32.2. The van der Waals surface area contributed by atoms with Gasteiger partial charge >= 0.3 is 0 Å². The highest BCUT2D eigenvalue weighted by molar-refractivity contribution is 7.94. The number of anilines is 2. The molecule has 12 heteroatoms. The molecule has 3 aromatic carbocycles. The molecule has 3 N–H and O–H groups in total. The van der Waals surface area contributed by atoms with Crippen LogP contribution in [0.2, 0.25) is 0 Å². The second kappa shape index (κ2) is 10.9. The fraction of sp³-hybridized carbons (Fsp3) is 0.0400. The number of benzene rings is 3. The SMILES string of the molecule is CC(=NNC(=O)c1ccccc1NS(=O)(=O)c1cccs1)c1cccc(NS(=O)(=O)c2ccccc2)c1. The van der Waals surface area contributed by atoms with E-state index in [1.54, 1.807) is 73.0 Å². The molecule has 1 amide bonds. The summed E-state index contributed by atoms with van der Waals surface area (Å²) in [7, 11) is -7.61. The molecule has 37 heavy (non-hydrogen) atoms. The van der Waals surface area contributed by atoms with Crippen molar-refractivity contribution in [3.63, 3.8) is 0 Å². The van der Waals surface area contributed by atoms with E-state index in [1.165, 1.54) is 30.3 Å². The molecule has 0 aliphatic heterocycles. The van der Waals surface area contributed by atoms with Gasteiger partial charge in [0.2, 0.25) is 0 Å². The Morgan fingerprint density at radius 3 is 2.24 bits per heavy atom. The Morgan fingerprint density at radius 2 is 1.51 bits per heavy atom. The van der Waals surface area contributed by atoms with Crippen LogP contribution in [0.15, 0.2) is 111 Å². The minimum atomic E-state index is -3.84. The smallest absolute Gasteiger partial charge is 0.273 e. The van der Waals surface area contributed by atoms with Gasteiger partial charge in [0.25, 0.3) is 26.0 Å². The lowest BCUT2D eigenvalue weighted by Crippen LogP contribution is -2.22. The Balaban J connectivity index is 1.49. The summed E-state index contributed by atoms with van der Waals surface area (Å²) in [5.41, 5.74) is 3.93. The minimum absolute atomic E-state index is 0.0866. The molecule has 0 fully saturated rings. The first-order valence-corrected chi connectivity index (χ1v) is 14.7. The lowest BCUT2D eigenvalue weighted by molar-refractivity contribution is 0.0955. The zero-order chi connectivity index (χ0) is 26.5. The number of nitrogens with one attached hydrogen (secondary N) is 3. The first kappa shape index (κ1) is 26.1. The van der Waals surface area contributed by atoms with Crippen molar-refractivity contribution in [1.29, 1.82) is 0 Å². The van der Waals surface area contributed by atoms with Gasteiger partial charge in [0, 0.05) is 5.69 Å². The largest absolute Gasteiger partial charge is 0.280 e. The molecular formula is C25H22N4O5S3. The van der Waals surface area contributed by atoms with Crippen molar-refractivity contribution in [3.8, 4) is 0 Å². The third kappa shape index (κ3) is 6.42. The number of carbonyl (C=O) groups excluding carboxylic acids is 1. The van der Waals surface area contributed by atoms with Crippen LogP contribution >= 0.6 is 11.3 Å². The Labute approximate surface area is 219 Å². The van der Waals surface area contributed by atoms with E-state index in [0.717, 1.165) is 11.3 Å². The number of amides is 1. The molecule has 0 radical (unpaired) electrons. The second-order valence-electron chi connectivity index (χ2n) is 7.72. The van der Waals surface area contributed by atoms with Crippen LogP contribution in [0.1, 0.15) is 22.8 Å². The first-order valence-electron chi connectivity index (χ1n) is 10.8. The van der Waals surface area contributed by atoms with Crippen LogP contribution in [0, 0.1) is 0 Å². The monoisotopic (exact) mass is 554 g/mol. The second-order valence-corrected chi connectivity index (χ2v) is 12.3. The van der Waals surface area contributed by atoms with Crippen LogP contribution in [-0.4, -0.2) is 28.5 Å². The fourth-order valence-corrected chi connectivity index (χ4v) is 6.41. The molecule has 0 aliphatic rings. The molecule has 1 heterocycles. The number of hydrogen-bond donors (Lipinski definition) is 3. The van der Waals surface area contributed by atoms with Crippen molar-refractivity contribution in [3.05, 3.63) is 108 Å². The van der Waals surface area contributed by atoms with Crippen molar-refractivity contribution in [2.75, 3.05) is 9.44 Å². The molecule has 1 aromatic heterocycles. The third-order valence-electron chi connectivity index (χ3n) is 5.09. The van der Waals surface area contributed by atoms with Gasteiger partial charge in [-0.15, -0.1) is 11.3 Å². The van der Waals surface area contributed by atoms with E-state index < -0.39 is 26.0 Å². The molecule has 190 valence electrons. The molecular weight excluding hydrogens is 532 g/mol. The molecule has 0 aliphatic carbocycles. The summed E-state index contributed by atoms with van der Waals surface area (Å²) in [4.78, 5) is 13.0. The number of para-hydroxylation sites is 1. The lowest BCUT2D eigenvalue weighted by Gasteiger charge is -2.11. The quantitative estimate of drug-likeness (QED) is 0.207. The number of thiophene rings is 1. The van der Waals surface area contributed by atoms with E-state index in [4.69, 9.17) is 0 Å². The van der Waals surface area contributed by atoms with Gasteiger partial charge < -0.3 is 0 Å². The number of rotatable bonds is 9. The van der Waals surface area contributed by atoms with Gasteiger partial charge in [0.05, 0.1) is 21.9 Å². The predicted molar refractivity (Wildman–Crippen MR) is 145 cm³/mol.